The molecule has 0 radical (unpaired) electrons. The molecule has 2 amide bonds. The zero-order chi connectivity index (χ0) is 15.1. The fourth-order valence-electron chi connectivity index (χ4n) is 1.48. The van der Waals surface area contributed by atoms with Crippen LogP contribution in [0.2, 0.25) is 0 Å². The number of rotatable bonds is 5. The third-order valence-corrected chi connectivity index (χ3v) is 2.56. The van der Waals surface area contributed by atoms with Crippen molar-refractivity contribution >= 4 is 17.5 Å². The van der Waals surface area contributed by atoms with Crippen molar-refractivity contribution in [3.63, 3.8) is 0 Å². The second-order valence-corrected chi connectivity index (χ2v) is 4.44. The van der Waals surface area contributed by atoms with E-state index in [0.29, 0.717) is 12.5 Å². The number of aliphatic hydroxyl groups excluding tert-OH is 1. The third-order valence-electron chi connectivity index (χ3n) is 2.56. The van der Waals surface area contributed by atoms with E-state index in [0.717, 1.165) is 12.1 Å². The number of hydrogen-bond acceptors (Lipinski definition) is 3. The third kappa shape index (κ3) is 5.31. The Morgan fingerprint density at radius 2 is 1.80 bits per heavy atom. The molecule has 110 valence electrons. The van der Waals surface area contributed by atoms with Crippen LogP contribution in [0.4, 0.5) is 14.5 Å². The van der Waals surface area contributed by atoms with Crippen molar-refractivity contribution in [3.05, 3.63) is 29.8 Å². The molecule has 0 aromatic heterocycles. The molecule has 0 saturated heterocycles. The molecule has 0 bridgehead atoms. The Balaban J connectivity index is 2.51. The van der Waals surface area contributed by atoms with Crippen LogP contribution in [0.25, 0.3) is 0 Å². The van der Waals surface area contributed by atoms with Crippen LogP contribution in [0.1, 0.15) is 13.3 Å². The summed E-state index contributed by atoms with van der Waals surface area (Å²) in [5.41, 5.74) is -0.133. The summed E-state index contributed by atoms with van der Waals surface area (Å²) in [5, 5.41) is 13.2. The first-order valence-corrected chi connectivity index (χ1v) is 6.08. The molecule has 1 atom stereocenters. The Bertz CT molecular complexity index is 474. The standard InChI is InChI=1S/C13H16F2N2O3/c1-8(2-3-18)7-16-12(19)13(20)17-11-5-9(14)4-10(15)6-11/h4-6,8,18H,2-3,7H2,1H3,(H,16,19)(H,17,20). The number of aliphatic hydroxyl groups is 1. The Morgan fingerprint density at radius 1 is 1.20 bits per heavy atom. The maximum Gasteiger partial charge on any atom is 0.313 e. The van der Waals surface area contributed by atoms with Crippen molar-refractivity contribution in [1.29, 1.82) is 0 Å². The maximum atomic E-state index is 12.9. The second-order valence-electron chi connectivity index (χ2n) is 4.44. The van der Waals surface area contributed by atoms with Crippen LogP contribution < -0.4 is 10.6 Å². The fraction of sp³-hybridized carbons (Fsp3) is 0.385. The van der Waals surface area contributed by atoms with E-state index < -0.39 is 23.4 Å². The summed E-state index contributed by atoms with van der Waals surface area (Å²) in [6.07, 6.45) is 0.497. The van der Waals surface area contributed by atoms with Crippen LogP contribution in [0.3, 0.4) is 0 Å². The van der Waals surface area contributed by atoms with Gasteiger partial charge in [-0.1, -0.05) is 6.92 Å². The van der Waals surface area contributed by atoms with Gasteiger partial charge in [-0.3, -0.25) is 9.59 Å². The van der Waals surface area contributed by atoms with E-state index in [-0.39, 0.29) is 24.8 Å². The number of anilines is 1. The van der Waals surface area contributed by atoms with Crippen molar-refractivity contribution in [3.8, 4) is 0 Å². The largest absolute Gasteiger partial charge is 0.396 e. The van der Waals surface area contributed by atoms with Gasteiger partial charge in [0.05, 0.1) is 0 Å². The van der Waals surface area contributed by atoms with Crippen LogP contribution in [0, 0.1) is 17.6 Å². The summed E-state index contributed by atoms with van der Waals surface area (Å²) >= 11 is 0. The van der Waals surface area contributed by atoms with Crippen molar-refractivity contribution in [2.45, 2.75) is 13.3 Å². The van der Waals surface area contributed by atoms with E-state index in [1.807, 2.05) is 0 Å². The van der Waals surface area contributed by atoms with Gasteiger partial charge in [0.1, 0.15) is 11.6 Å². The van der Waals surface area contributed by atoms with Crippen molar-refractivity contribution in [2.24, 2.45) is 5.92 Å². The minimum Gasteiger partial charge on any atom is -0.396 e. The van der Waals surface area contributed by atoms with Crippen molar-refractivity contribution in [2.75, 3.05) is 18.5 Å². The van der Waals surface area contributed by atoms with Gasteiger partial charge in [-0.05, 0) is 24.5 Å². The van der Waals surface area contributed by atoms with Gasteiger partial charge in [-0.15, -0.1) is 0 Å². The average Bonchev–Trinajstić information content (AvgIpc) is 2.34. The number of benzene rings is 1. The summed E-state index contributed by atoms with van der Waals surface area (Å²) in [6, 6.07) is 2.47. The Hall–Kier alpha value is -2.02. The molecular weight excluding hydrogens is 270 g/mol. The van der Waals surface area contributed by atoms with Gasteiger partial charge in [-0.2, -0.15) is 0 Å². The minimum atomic E-state index is -1.01. The van der Waals surface area contributed by atoms with E-state index in [1.165, 1.54) is 0 Å². The van der Waals surface area contributed by atoms with E-state index in [1.54, 1.807) is 6.92 Å². The molecule has 7 heteroatoms. The molecule has 0 aliphatic rings. The van der Waals surface area contributed by atoms with Crippen LogP contribution in [-0.2, 0) is 9.59 Å². The zero-order valence-corrected chi connectivity index (χ0v) is 11.0. The molecule has 0 heterocycles. The molecule has 0 aliphatic heterocycles. The van der Waals surface area contributed by atoms with Crippen LogP contribution in [0.15, 0.2) is 18.2 Å². The van der Waals surface area contributed by atoms with Gasteiger partial charge in [0, 0.05) is 24.9 Å². The molecule has 1 aromatic carbocycles. The lowest BCUT2D eigenvalue weighted by atomic mass is 10.1. The summed E-state index contributed by atoms with van der Waals surface area (Å²) in [4.78, 5) is 22.9. The number of amides is 2. The molecule has 0 spiro atoms. The second kappa shape index (κ2) is 7.54. The topological polar surface area (TPSA) is 78.4 Å². The molecule has 0 fully saturated rings. The minimum absolute atomic E-state index is 0.00813. The summed E-state index contributed by atoms with van der Waals surface area (Å²) < 4.78 is 25.8. The monoisotopic (exact) mass is 286 g/mol. The number of hydrogen-bond donors (Lipinski definition) is 3. The van der Waals surface area contributed by atoms with E-state index in [2.05, 4.69) is 10.6 Å². The summed E-state index contributed by atoms with van der Waals surface area (Å²) in [6.45, 7) is 2.02. The molecular formula is C13H16F2N2O3. The van der Waals surface area contributed by atoms with Crippen LogP contribution in [-0.4, -0.2) is 30.1 Å². The molecule has 1 aromatic rings. The van der Waals surface area contributed by atoms with E-state index >= 15 is 0 Å². The predicted molar refractivity (Wildman–Crippen MR) is 68.9 cm³/mol. The molecule has 1 unspecified atom stereocenters. The molecule has 1 rings (SSSR count). The van der Waals surface area contributed by atoms with Gasteiger partial charge in [-0.25, -0.2) is 8.78 Å². The lowest BCUT2D eigenvalue weighted by Crippen LogP contribution is -2.37. The van der Waals surface area contributed by atoms with Crippen molar-refractivity contribution < 1.29 is 23.5 Å². The molecule has 0 aliphatic carbocycles. The lowest BCUT2D eigenvalue weighted by Gasteiger charge is -2.11. The van der Waals surface area contributed by atoms with Crippen LogP contribution >= 0.6 is 0 Å². The van der Waals surface area contributed by atoms with E-state index in [9.17, 15) is 18.4 Å². The summed E-state index contributed by atoms with van der Waals surface area (Å²) in [7, 11) is 0. The predicted octanol–water partition coefficient (Wildman–Crippen LogP) is 1.04. The molecule has 0 saturated carbocycles. The highest BCUT2D eigenvalue weighted by Gasteiger charge is 2.15. The zero-order valence-electron chi connectivity index (χ0n) is 11.0. The highest BCUT2D eigenvalue weighted by Crippen LogP contribution is 2.12. The first-order chi connectivity index (χ1) is 9.42. The van der Waals surface area contributed by atoms with Gasteiger partial charge < -0.3 is 15.7 Å². The quantitative estimate of drug-likeness (QED) is 0.708. The average molecular weight is 286 g/mol. The first kappa shape index (κ1) is 16.0. The smallest absolute Gasteiger partial charge is 0.313 e. The van der Waals surface area contributed by atoms with Gasteiger partial charge >= 0.3 is 11.8 Å². The number of nitrogens with one attached hydrogen (secondary N) is 2. The van der Waals surface area contributed by atoms with E-state index in [4.69, 9.17) is 5.11 Å². The Kier molecular flexibility index (Phi) is 6.05. The summed E-state index contributed by atoms with van der Waals surface area (Å²) in [5.74, 6) is -3.59. The Morgan fingerprint density at radius 3 is 2.35 bits per heavy atom. The molecule has 5 nitrogen and oxygen atoms in total. The van der Waals surface area contributed by atoms with Crippen LogP contribution in [0.5, 0.6) is 0 Å². The lowest BCUT2D eigenvalue weighted by molar-refractivity contribution is -0.136. The van der Waals surface area contributed by atoms with Gasteiger partial charge in [0.15, 0.2) is 0 Å². The molecule has 3 N–H and O–H groups in total. The van der Waals surface area contributed by atoms with Gasteiger partial charge in [0.2, 0.25) is 0 Å². The molecule has 20 heavy (non-hydrogen) atoms. The number of carbonyl (C=O) groups excluding carboxylic acids is 2. The maximum absolute atomic E-state index is 12.9. The van der Waals surface area contributed by atoms with Gasteiger partial charge in [0.25, 0.3) is 0 Å². The highest BCUT2D eigenvalue weighted by molar-refractivity contribution is 6.39. The fourth-order valence-corrected chi connectivity index (χ4v) is 1.48. The highest BCUT2D eigenvalue weighted by atomic mass is 19.1. The number of halogens is 2. The number of carbonyl (C=O) groups is 2. The SMILES string of the molecule is CC(CCO)CNC(=O)C(=O)Nc1cc(F)cc(F)c1. The Labute approximate surface area is 115 Å². The van der Waals surface area contributed by atoms with Crippen molar-refractivity contribution in [1.82, 2.24) is 5.32 Å². The normalized spacial score (nSPS) is 11.8. The first-order valence-electron chi connectivity index (χ1n) is 6.08.